The summed E-state index contributed by atoms with van der Waals surface area (Å²) in [5, 5.41) is 24.9. The second-order valence-corrected chi connectivity index (χ2v) is 6.36. The smallest absolute Gasteiger partial charge is 0.339 e. The molecule has 0 saturated heterocycles. The van der Waals surface area contributed by atoms with Crippen LogP contribution in [0.5, 0.6) is 5.75 Å². The molecule has 0 fully saturated rings. The molecule has 2 aromatic heterocycles. The zero-order valence-electron chi connectivity index (χ0n) is 14.9. The summed E-state index contributed by atoms with van der Waals surface area (Å²) in [5.41, 5.74) is 2.19. The molecule has 0 saturated carbocycles. The highest BCUT2D eigenvalue weighted by Crippen LogP contribution is 2.32. The molecule has 142 valence electrons. The van der Waals surface area contributed by atoms with E-state index in [0.717, 1.165) is 10.9 Å². The zero-order valence-corrected chi connectivity index (χ0v) is 15.7. The van der Waals surface area contributed by atoms with Crippen LogP contribution in [-0.2, 0) is 7.05 Å². The number of aromatic nitrogens is 5. The second kappa shape index (κ2) is 6.86. The highest BCUT2D eigenvalue weighted by molar-refractivity contribution is 6.38. The average Bonchev–Trinajstić information content (AvgIpc) is 3.30. The maximum Gasteiger partial charge on any atom is 0.339 e. The van der Waals surface area contributed by atoms with Gasteiger partial charge in [-0.2, -0.15) is 10.1 Å². The molecule has 10 heteroatoms. The number of fused-ring (bicyclic) bond motifs is 1. The molecule has 0 aliphatic carbocycles. The third-order valence-corrected chi connectivity index (χ3v) is 4.67. The van der Waals surface area contributed by atoms with Crippen molar-refractivity contribution in [1.29, 1.82) is 0 Å². The number of aryl methyl sites for hydroxylation is 1. The molecule has 0 aliphatic rings. The van der Waals surface area contributed by atoms with Crippen molar-refractivity contribution < 1.29 is 14.6 Å². The molecule has 2 heterocycles. The summed E-state index contributed by atoms with van der Waals surface area (Å²) < 4.78 is 6.74. The monoisotopic (exact) mass is 398 g/mol. The van der Waals surface area contributed by atoms with Crippen LogP contribution in [0.3, 0.4) is 0 Å². The van der Waals surface area contributed by atoms with Gasteiger partial charge < -0.3 is 15.2 Å². The van der Waals surface area contributed by atoms with Gasteiger partial charge in [0, 0.05) is 18.0 Å². The summed E-state index contributed by atoms with van der Waals surface area (Å²) in [5.74, 6) is 0.0613. The number of nitrogens with one attached hydrogen (secondary N) is 2. The minimum atomic E-state index is -1.07. The first-order valence-corrected chi connectivity index (χ1v) is 8.57. The largest absolute Gasteiger partial charge is 0.496 e. The molecular weight excluding hydrogens is 384 g/mol. The number of carbonyl (C=O) groups is 1. The van der Waals surface area contributed by atoms with E-state index in [1.54, 1.807) is 30.1 Å². The highest BCUT2D eigenvalue weighted by atomic mass is 35.5. The number of anilines is 2. The van der Waals surface area contributed by atoms with Gasteiger partial charge in [0.25, 0.3) is 0 Å². The third-order valence-electron chi connectivity index (χ3n) is 4.26. The Bertz CT molecular complexity index is 1200. The summed E-state index contributed by atoms with van der Waals surface area (Å²) in [6, 6.07) is 8.37. The topological polar surface area (TPSA) is 118 Å². The molecule has 0 aliphatic heterocycles. The Kier molecular flexibility index (Phi) is 4.36. The van der Waals surface area contributed by atoms with Crippen molar-refractivity contribution in [3.8, 4) is 17.1 Å². The number of methoxy groups -OCH3 is 1. The van der Waals surface area contributed by atoms with Crippen molar-refractivity contribution in [2.24, 2.45) is 7.05 Å². The quantitative estimate of drug-likeness (QED) is 0.471. The Labute approximate surface area is 163 Å². The molecule has 0 bridgehead atoms. The van der Waals surface area contributed by atoms with E-state index in [2.05, 4.69) is 25.6 Å². The van der Waals surface area contributed by atoms with Gasteiger partial charge in [0.1, 0.15) is 11.3 Å². The maximum atomic E-state index is 11.3. The van der Waals surface area contributed by atoms with Crippen LogP contribution in [-0.4, -0.2) is 43.1 Å². The lowest BCUT2D eigenvalue weighted by Gasteiger charge is -2.07. The van der Waals surface area contributed by atoms with E-state index in [9.17, 15) is 9.90 Å². The highest BCUT2D eigenvalue weighted by Gasteiger charge is 2.16. The number of nitrogens with zero attached hydrogens (tertiary/aromatic N) is 4. The van der Waals surface area contributed by atoms with Crippen LogP contribution in [0.25, 0.3) is 22.3 Å². The number of carboxylic acid groups (broad SMARTS) is 1. The number of aromatic carboxylic acids is 1. The van der Waals surface area contributed by atoms with Gasteiger partial charge in [-0.15, -0.1) is 5.10 Å². The van der Waals surface area contributed by atoms with Gasteiger partial charge in [-0.1, -0.05) is 11.6 Å². The molecule has 0 atom stereocenters. The van der Waals surface area contributed by atoms with E-state index in [1.807, 2.05) is 12.1 Å². The molecule has 0 unspecified atom stereocenters. The lowest BCUT2D eigenvalue weighted by molar-refractivity contribution is 0.0693. The van der Waals surface area contributed by atoms with Crippen molar-refractivity contribution >= 4 is 40.1 Å². The summed E-state index contributed by atoms with van der Waals surface area (Å²) >= 11 is 6.44. The molecule has 2 aromatic carbocycles. The van der Waals surface area contributed by atoms with Crippen molar-refractivity contribution in [2.75, 3.05) is 12.4 Å². The number of hydrogen-bond acceptors (Lipinski definition) is 6. The number of carboxylic acids is 1. The van der Waals surface area contributed by atoms with Gasteiger partial charge in [-0.25, -0.2) is 9.48 Å². The van der Waals surface area contributed by atoms with E-state index in [4.69, 9.17) is 16.3 Å². The number of H-pyrrole nitrogens is 1. The molecule has 0 radical (unpaired) electrons. The van der Waals surface area contributed by atoms with Gasteiger partial charge in [0.05, 0.1) is 29.5 Å². The average molecular weight is 399 g/mol. The van der Waals surface area contributed by atoms with Crippen LogP contribution in [0.1, 0.15) is 10.4 Å². The Morgan fingerprint density at radius 2 is 2.14 bits per heavy atom. The number of hydrogen-bond donors (Lipinski definition) is 3. The van der Waals surface area contributed by atoms with Crippen LogP contribution in [0.2, 0.25) is 5.02 Å². The van der Waals surface area contributed by atoms with Crippen LogP contribution >= 0.6 is 11.6 Å². The Hall–Kier alpha value is -3.59. The number of aromatic amines is 1. The Morgan fingerprint density at radius 1 is 1.32 bits per heavy atom. The fourth-order valence-corrected chi connectivity index (χ4v) is 3.08. The number of halogens is 1. The number of benzene rings is 2. The molecule has 4 aromatic rings. The molecule has 0 amide bonds. The van der Waals surface area contributed by atoms with Crippen LogP contribution in [0.15, 0.2) is 36.5 Å². The van der Waals surface area contributed by atoms with Crippen LogP contribution < -0.4 is 10.1 Å². The normalized spacial score (nSPS) is 11.0. The SMILES string of the molecule is COc1cc(-c2nc(Nc3ccc4[nH]ncc4c3Cl)n(C)n2)ccc1C(=O)O. The van der Waals surface area contributed by atoms with Crippen LogP contribution in [0, 0.1) is 0 Å². The van der Waals surface area contributed by atoms with E-state index < -0.39 is 5.97 Å². The molecule has 4 rings (SSSR count). The van der Waals surface area contributed by atoms with E-state index in [1.165, 1.54) is 13.2 Å². The van der Waals surface area contributed by atoms with Crippen molar-refractivity contribution in [3.05, 3.63) is 47.1 Å². The predicted molar refractivity (Wildman–Crippen MR) is 104 cm³/mol. The van der Waals surface area contributed by atoms with E-state index in [-0.39, 0.29) is 11.3 Å². The zero-order chi connectivity index (χ0) is 19.8. The Balaban J connectivity index is 1.68. The minimum Gasteiger partial charge on any atom is -0.496 e. The fourth-order valence-electron chi connectivity index (χ4n) is 2.82. The summed E-state index contributed by atoms with van der Waals surface area (Å²) in [6.07, 6.45) is 1.65. The standard InChI is InChI=1S/C18H15ClN6O3/c1-25-18(21-13-6-5-12-11(15(13)19)8-20-23-12)22-16(24-25)9-3-4-10(17(26)27)14(7-9)28-2/h3-8H,1-2H3,(H,20,23)(H,26,27)(H,21,22,24). The minimum absolute atomic E-state index is 0.0701. The summed E-state index contributed by atoms with van der Waals surface area (Å²) in [7, 11) is 3.16. The molecule has 3 N–H and O–H groups in total. The summed E-state index contributed by atoms with van der Waals surface area (Å²) in [4.78, 5) is 15.7. The van der Waals surface area contributed by atoms with Crippen LogP contribution in [0.4, 0.5) is 11.6 Å². The predicted octanol–water partition coefficient (Wildman–Crippen LogP) is 3.46. The van der Waals surface area contributed by atoms with E-state index >= 15 is 0 Å². The molecule has 0 spiro atoms. The van der Waals surface area contributed by atoms with E-state index in [0.29, 0.717) is 28.0 Å². The fraction of sp³-hybridized carbons (Fsp3) is 0.111. The first-order valence-electron chi connectivity index (χ1n) is 8.19. The third kappa shape index (κ3) is 3.01. The lowest BCUT2D eigenvalue weighted by atomic mass is 10.1. The first kappa shape index (κ1) is 17.8. The van der Waals surface area contributed by atoms with Gasteiger partial charge in [0.15, 0.2) is 5.82 Å². The second-order valence-electron chi connectivity index (χ2n) is 5.99. The van der Waals surface area contributed by atoms with Crippen molar-refractivity contribution in [3.63, 3.8) is 0 Å². The molecule has 9 nitrogen and oxygen atoms in total. The lowest BCUT2D eigenvalue weighted by Crippen LogP contribution is -2.00. The Morgan fingerprint density at radius 3 is 2.89 bits per heavy atom. The first-order chi connectivity index (χ1) is 13.5. The van der Waals surface area contributed by atoms with Gasteiger partial charge >= 0.3 is 5.97 Å². The number of ether oxygens (including phenoxy) is 1. The maximum absolute atomic E-state index is 11.3. The van der Waals surface area contributed by atoms with Gasteiger partial charge in [-0.3, -0.25) is 5.10 Å². The van der Waals surface area contributed by atoms with Crippen molar-refractivity contribution in [1.82, 2.24) is 25.0 Å². The van der Waals surface area contributed by atoms with Crippen molar-refractivity contribution in [2.45, 2.75) is 0 Å². The van der Waals surface area contributed by atoms with Gasteiger partial charge in [-0.05, 0) is 30.3 Å². The number of rotatable bonds is 5. The molecular formula is C18H15ClN6O3. The molecule has 28 heavy (non-hydrogen) atoms. The summed E-state index contributed by atoms with van der Waals surface area (Å²) in [6.45, 7) is 0. The van der Waals surface area contributed by atoms with Gasteiger partial charge in [0.2, 0.25) is 5.95 Å².